The van der Waals surface area contributed by atoms with Crippen LogP contribution in [0.15, 0.2) is 17.0 Å². The summed E-state index contributed by atoms with van der Waals surface area (Å²) in [6.45, 7) is -0.890. The van der Waals surface area contributed by atoms with Crippen LogP contribution in [0.3, 0.4) is 0 Å². The van der Waals surface area contributed by atoms with Gasteiger partial charge in [-0.15, -0.1) is 0 Å². The van der Waals surface area contributed by atoms with Crippen molar-refractivity contribution in [3.05, 3.63) is 29.3 Å². The number of aliphatic hydroxyl groups is 1. The first-order chi connectivity index (χ1) is 9.89. The summed E-state index contributed by atoms with van der Waals surface area (Å²) >= 11 is 1.68. The Balaban J connectivity index is 2.24. The molecular formula is C13H17F2NO3S2. The Morgan fingerprint density at radius 1 is 1.38 bits per heavy atom. The Bertz CT molecular complexity index is 622. The zero-order valence-corrected chi connectivity index (χ0v) is 13.1. The van der Waals surface area contributed by atoms with Gasteiger partial charge in [0.1, 0.15) is 10.7 Å². The highest BCUT2D eigenvalue weighted by Crippen LogP contribution is 2.29. The van der Waals surface area contributed by atoms with Crippen LogP contribution < -0.4 is 4.72 Å². The monoisotopic (exact) mass is 337 g/mol. The Morgan fingerprint density at radius 2 is 2.10 bits per heavy atom. The third-order valence-corrected chi connectivity index (χ3v) is 6.27. The smallest absolute Gasteiger partial charge is 0.243 e. The molecule has 21 heavy (non-hydrogen) atoms. The van der Waals surface area contributed by atoms with Crippen molar-refractivity contribution in [1.29, 1.82) is 0 Å². The lowest BCUT2D eigenvalue weighted by Gasteiger charge is -2.15. The molecule has 0 saturated heterocycles. The molecule has 118 valence electrons. The van der Waals surface area contributed by atoms with E-state index in [9.17, 15) is 17.2 Å². The molecule has 8 heteroatoms. The van der Waals surface area contributed by atoms with Crippen LogP contribution in [0.25, 0.3) is 0 Å². The fourth-order valence-electron chi connectivity index (χ4n) is 2.47. The van der Waals surface area contributed by atoms with E-state index in [0.717, 1.165) is 18.6 Å². The van der Waals surface area contributed by atoms with Gasteiger partial charge in [-0.05, 0) is 37.7 Å². The number of nitrogens with one attached hydrogen (secondary N) is 1. The van der Waals surface area contributed by atoms with Gasteiger partial charge in [-0.2, -0.15) is 11.8 Å². The maximum Gasteiger partial charge on any atom is 0.243 e. The highest BCUT2D eigenvalue weighted by Gasteiger charge is 2.30. The minimum absolute atomic E-state index is 0.241. The molecule has 1 saturated carbocycles. The van der Waals surface area contributed by atoms with Crippen molar-refractivity contribution in [2.75, 3.05) is 6.26 Å². The first-order valence-electron chi connectivity index (χ1n) is 6.52. The van der Waals surface area contributed by atoms with Crippen molar-refractivity contribution >= 4 is 21.8 Å². The van der Waals surface area contributed by atoms with Gasteiger partial charge < -0.3 is 5.11 Å². The molecule has 2 rings (SSSR count). The Kier molecular flexibility index (Phi) is 5.24. The number of rotatable bonds is 5. The van der Waals surface area contributed by atoms with Crippen molar-refractivity contribution < 1.29 is 22.3 Å². The minimum atomic E-state index is -4.07. The van der Waals surface area contributed by atoms with Gasteiger partial charge in [-0.25, -0.2) is 21.9 Å². The molecule has 0 bridgehead atoms. The summed E-state index contributed by atoms with van der Waals surface area (Å²) in [5.74, 6) is -2.19. The van der Waals surface area contributed by atoms with E-state index >= 15 is 0 Å². The number of hydrogen-bond acceptors (Lipinski definition) is 4. The summed E-state index contributed by atoms with van der Waals surface area (Å²) in [5, 5.41) is 9.33. The van der Waals surface area contributed by atoms with E-state index in [1.165, 1.54) is 0 Å². The molecule has 1 aromatic rings. The van der Waals surface area contributed by atoms with Crippen LogP contribution in [-0.2, 0) is 16.6 Å². The third-order valence-electron chi connectivity index (χ3n) is 3.64. The Morgan fingerprint density at radius 3 is 2.67 bits per heavy atom. The van der Waals surface area contributed by atoms with Gasteiger partial charge in [0.15, 0.2) is 5.82 Å². The molecule has 1 aromatic carbocycles. The number of aliphatic hydroxyl groups excluding tert-OH is 1. The highest BCUT2D eigenvalue weighted by atomic mass is 32.2. The van der Waals surface area contributed by atoms with Gasteiger partial charge in [0.25, 0.3) is 0 Å². The molecule has 1 fully saturated rings. The number of hydrogen-bond donors (Lipinski definition) is 2. The maximum atomic E-state index is 14.0. The van der Waals surface area contributed by atoms with E-state index in [1.807, 2.05) is 6.26 Å². The molecule has 2 unspecified atom stereocenters. The second-order valence-electron chi connectivity index (χ2n) is 4.99. The normalized spacial score (nSPS) is 22.7. The Hall–Kier alpha value is -0.700. The largest absolute Gasteiger partial charge is 0.391 e. The van der Waals surface area contributed by atoms with Crippen molar-refractivity contribution in [3.63, 3.8) is 0 Å². The second-order valence-corrected chi connectivity index (χ2v) is 7.81. The molecular weight excluding hydrogens is 320 g/mol. The summed E-state index contributed by atoms with van der Waals surface area (Å²) < 4.78 is 54.2. The van der Waals surface area contributed by atoms with Crippen LogP contribution in [0.4, 0.5) is 8.78 Å². The van der Waals surface area contributed by atoms with Crippen molar-refractivity contribution in [3.8, 4) is 0 Å². The summed E-state index contributed by atoms with van der Waals surface area (Å²) in [6, 6.07) is 1.49. The lowest BCUT2D eigenvalue weighted by molar-refractivity contribution is 0.267. The summed E-state index contributed by atoms with van der Waals surface area (Å²) in [5.41, 5.74) is -0.633. The lowest BCUT2D eigenvalue weighted by atomic mass is 10.2. The average Bonchev–Trinajstić information content (AvgIpc) is 2.85. The molecule has 1 aliphatic carbocycles. The topological polar surface area (TPSA) is 66.4 Å². The van der Waals surface area contributed by atoms with E-state index in [1.54, 1.807) is 11.8 Å². The first kappa shape index (κ1) is 16.7. The van der Waals surface area contributed by atoms with Gasteiger partial charge in [-0.3, -0.25) is 0 Å². The molecule has 2 atom stereocenters. The highest BCUT2D eigenvalue weighted by molar-refractivity contribution is 7.99. The van der Waals surface area contributed by atoms with Gasteiger partial charge >= 0.3 is 0 Å². The predicted octanol–water partition coefficient (Wildman–Crippen LogP) is 2.02. The number of halogens is 2. The first-order valence-corrected chi connectivity index (χ1v) is 9.29. The van der Waals surface area contributed by atoms with E-state index < -0.39 is 38.7 Å². The summed E-state index contributed by atoms with van der Waals surface area (Å²) in [7, 11) is -4.07. The van der Waals surface area contributed by atoms with Gasteiger partial charge in [0.05, 0.1) is 12.2 Å². The quantitative estimate of drug-likeness (QED) is 0.863. The van der Waals surface area contributed by atoms with Crippen molar-refractivity contribution in [1.82, 2.24) is 4.72 Å². The molecule has 0 heterocycles. The van der Waals surface area contributed by atoms with Gasteiger partial charge in [0.2, 0.25) is 10.0 Å². The van der Waals surface area contributed by atoms with Crippen LogP contribution in [0.5, 0.6) is 0 Å². The van der Waals surface area contributed by atoms with Crippen molar-refractivity contribution in [2.24, 2.45) is 0 Å². The fraction of sp³-hybridized carbons (Fsp3) is 0.538. The average molecular weight is 337 g/mol. The number of sulfonamides is 1. The van der Waals surface area contributed by atoms with Crippen LogP contribution >= 0.6 is 11.8 Å². The molecule has 0 amide bonds. The maximum absolute atomic E-state index is 14.0. The van der Waals surface area contributed by atoms with Gasteiger partial charge in [0, 0.05) is 11.3 Å². The molecule has 0 radical (unpaired) electrons. The zero-order valence-electron chi connectivity index (χ0n) is 11.5. The zero-order chi connectivity index (χ0) is 15.6. The molecule has 0 aliphatic heterocycles. The van der Waals surface area contributed by atoms with E-state index in [-0.39, 0.29) is 6.04 Å². The molecule has 4 nitrogen and oxygen atoms in total. The van der Waals surface area contributed by atoms with Crippen LogP contribution in [-0.4, -0.2) is 31.1 Å². The number of thioether (sulfide) groups is 1. The van der Waals surface area contributed by atoms with E-state index in [2.05, 4.69) is 4.72 Å². The SMILES string of the molecule is CSC1CCC(NS(=O)(=O)c2ccc(F)c(CO)c2F)C1. The van der Waals surface area contributed by atoms with E-state index in [4.69, 9.17) is 5.11 Å². The van der Waals surface area contributed by atoms with Crippen molar-refractivity contribution in [2.45, 2.75) is 42.1 Å². The lowest BCUT2D eigenvalue weighted by Crippen LogP contribution is -2.34. The summed E-state index contributed by atoms with van der Waals surface area (Å²) in [6.07, 6.45) is 4.26. The second kappa shape index (κ2) is 6.60. The van der Waals surface area contributed by atoms with E-state index in [0.29, 0.717) is 18.1 Å². The predicted molar refractivity (Wildman–Crippen MR) is 77.5 cm³/mol. The van der Waals surface area contributed by atoms with Crippen LogP contribution in [0, 0.1) is 11.6 Å². The molecule has 1 aliphatic rings. The molecule has 0 aromatic heterocycles. The fourth-order valence-corrected chi connectivity index (χ4v) is 4.66. The van der Waals surface area contributed by atoms with Crippen LogP contribution in [0.1, 0.15) is 24.8 Å². The molecule has 2 N–H and O–H groups in total. The van der Waals surface area contributed by atoms with Crippen LogP contribution in [0.2, 0.25) is 0 Å². The minimum Gasteiger partial charge on any atom is -0.391 e. The summed E-state index contributed by atoms with van der Waals surface area (Å²) in [4.78, 5) is -0.624. The standard InChI is InChI=1S/C13H17F2NO3S2/c1-20-9-3-2-8(6-9)16-21(18,19)12-5-4-11(14)10(7-17)13(12)15/h4-5,8-9,16-17H,2-3,6-7H2,1H3. The molecule has 0 spiro atoms. The Labute approximate surface area is 127 Å². The number of benzene rings is 1. The van der Waals surface area contributed by atoms with Gasteiger partial charge in [-0.1, -0.05) is 0 Å². The third kappa shape index (κ3) is 3.56.